The van der Waals surface area contributed by atoms with Crippen LogP contribution in [-0.2, 0) is 21.7 Å². The van der Waals surface area contributed by atoms with Gasteiger partial charge in [-0.2, -0.15) is 0 Å². The Hall–Kier alpha value is -2.64. The molecule has 5 nitrogen and oxygen atoms in total. The van der Waals surface area contributed by atoms with Gasteiger partial charge in [-0.3, -0.25) is 9.59 Å². The van der Waals surface area contributed by atoms with Crippen molar-refractivity contribution in [3.63, 3.8) is 0 Å². The number of hydrogen-bond donors (Lipinski definition) is 2. The van der Waals surface area contributed by atoms with Gasteiger partial charge in [-0.1, -0.05) is 62.8 Å². The predicted molar refractivity (Wildman–Crippen MR) is 148 cm³/mol. The molecule has 0 spiro atoms. The van der Waals surface area contributed by atoms with Crippen LogP contribution >= 0.6 is 11.3 Å². The number of aromatic nitrogens is 1. The number of anilines is 1. The summed E-state index contributed by atoms with van der Waals surface area (Å²) in [6, 6.07) is 10.0. The summed E-state index contributed by atoms with van der Waals surface area (Å²) >= 11 is 1.43. The molecule has 1 heterocycles. The Bertz CT molecular complexity index is 1310. The van der Waals surface area contributed by atoms with E-state index in [0.717, 1.165) is 5.56 Å². The van der Waals surface area contributed by atoms with Gasteiger partial charge in [0.2, 0.25) is 0 Å². The van der Waals surface area contributed by atoms with E-state index in [2.05, 4.69) is 5.32 Å². The minimum absolute atomic E-state index is 0.0210. The van der Waals surface area contributed by atoms with E-state index in [1.54, 1.807) is 13.0 Å². The van der Waals surface area contributed by atoms with Gasteiger partial charge in [0.1, 0.15) is 5.60 Å². The number of halogens is 1. The monoisotopic (exact) mass is 536 g/mol. The van der Waals surface area contributed by atoms with Gasteiger partial charge in [-0.25, -0.2) is 9.37 Å². The number of aliphatic hydroxyl groups is 1. The highest BCUT2D eigenvalue weighted by atomic mass is 32.1. The third kappa shape index (κ3) is 4.01. The van der Waals surface area contributed by atoms with Crippen LogP contribution < -0.4 is 5.32 Å². The summed E-state index contributed by atoms with van der Waals surface area (Å²) in [4.78, 5) is 30.8. The van der Waals surface area contributed by atoms with Crippen LogP contribution in [0.1, 0.15) is 71.1 Å². The van der Waals surface area contributed by atoms with Crippen LogP contribution in [0.2, 0.25) is 0 Å². The van der Waals surface area contributed by atoms with Crippen molar-refractivity contribution in [2.45, 2.75) is 77.6 Å². The molecular formula is C31H37FN2O3S. The lowest BCUT2D eigenvalue weighted by Gasteiger charge is -2.49. The van der Waals surface area contributed by atoms with Gasteiger partial charge in [-0.05, 0) is 62.2 Å². The van der Waals surface area contributed by atoms with Crippen LogP contribution in [0.5, 0.6) is 0 Å². The number of rotatable bonds is 7. The standard InChI is InChI=1S/C31H37FN2O3S/c1-20-15-21(2)31(37,25-19-38-27(34-25)33-18-22-9-6-5-7-10-22)29(20,4)17-26(36)30(32)13-8-11-23-16-24(35)12-14-28(23,30)3/h5-7,9-10,12,14,16,19-21,37H,8,11,13,15,17-18H2,1-4H3,(H,33,34)/t20-,21-,28+,29+,30+,31+/m1/s1. The number of Topliss-reactive ketones (excluding diaryl/α,β-unsaturated/α-hetero) is 1. The number of benzene rings is 1. The second kappa shape index (κ2) is 9.53. The molecule has 0 aliphatic heterocycles. The normalized spacial score (nSPS) is 36.6. The van der Waals surface area contributed by atoms with Crippen molar-refractivity contribution in [1.82, 2.24) is 4.98 Å². The average Bonchev–Trinajstić information content (AvgIpc) is 3.43. The maximum atomic E-state index is 16.9. The van der Waals surface area contributed by atoms with E-state index in [1.807, 2.05) is 56.5 Å². The molecule has 0 amide bonds. The molecule has 3 aliphatic carbocycles. The van der Waals surface area contributed by atoms with E-state index in [-0.39, 0.29) is 30.5 Å². The van der Waals surface area contributed by atoms with Gasteiger partial charge in [0.25, 0.3) is 0 Å². The first-order valence-corrected chi connectivity index (χ1v) is 14.4. The van der Waals surface area contributed by atoms with Crippen LogP contribution in [-0.4, -0.2) is 27.3 Å². The summed E-state index contributed by atoms with van der Waals surface area (Å²) in [7, 11) is 0. The van der Waals surface area contributed by atoms with Gasteiger partial charge < -0.3 is 10.4 Å². The lowest BCUT2D eigenvalue weighted by molar-refractivity contribution is -0.151. The molecule has 2 saturated carbocycles. The molecule has 1 aromatic carbocycles. The maximum absolute atomic E-state index is 16.9. The highest BCUT2D eigenvalue weighted by Crippen LogP contribution is 2.62. The van der Waals surface area contributed by atoms with Crippen LogP contribution in [0.15, 0.2) is 59.5 Å². The lowest BCUT2D eigenvalue weighted by atomic mass is 9.56. The Morgan fingerprint density at radius 1 is 1.21 bits per heavy atom. The van der Waals surface area contributed by atoms with E-state index < -0.39 is 27.9 Å². The molecule has 38 heavy (non-hydrogen) atoms. The highest BCUT2D eigenvalue weighted by Gasteiger charge is 2.65. The van der Waals surface area contributed by atoms with E-state index in [0.29, 0.717) is 42.2 Å². The van der Waals surface area contributed by atoms with E-state index in [1.165, 1.54) is 23.5 Å². The number of fused-ring (bicyclic) bond motifs is 1. The average molecular weight is 537 g/mol. The lowest BCUT2D eigenvalue weighted by Crippen LogP contribution is -2.55. The zero-order valence-corrected chi connectivity index (χ0v) is 23.4. The summed E-state index contributed by atoms with van der Waals surface area (Å²) in [6.07, 6.45) is 6.31. The fourth-order valence-electron chi connectivity index (χ4n) is 7.19. The first-order valence-electron chi connectivity index (χ1n) is 13.6. The summed E-state index contributed by atoms with van der Waals surface area (Å²) < 4.78 is 16.9. The third-order valence-corrected chi connectivity index (χ3v) is 10.7. The third-order valence-electron chi connectivity index (χ3n) is 9.88. The highest BCUT2D eigenvalue weighted by molar-refractivity contribution is 7.13. The number of allylic oxidation sites excluding steroid dienone is 4. The zero-order chi connectivity index (χ0) is 27.3. The number of alkyl halides is 1. The number of nitrogens with one attached hydrogen (secondary N) is 1. The molecule has 5 rings (SSSR count). The van der Waals surface area contributed by atoms with Crippen LogP contribution in [0.3, 0.4) is 0 Å². The molecule has 2 N–H and O–H groups in total. The van der Waals surface area contributed by atoms with Crippen molar-refractivity contribution in [2.24, 2.45) is 22.7 Å². The molecule has 2 aromatic rings. The summed E-state index contributed by atoms with van der Waals surface area (Å²) in [5, 5.41) is 18.3. The Labute approximate surface area is 228 Å². The predicted octanol–water partition coefficient (Wildman–Crippen LogP) is 6.55. The molecular weight excluding hydrogens is 499 g/mol. The van der Waals surface area contributed by atoms with Gasteiger partial charge >= 0.3 is 0 Å². The summed E-state index contributed by atoms with van der Waals surface area (Å²) in [5.41, 5.74) is -3.21. The summed E-state index contributed by atoms with van der Waals surface area (Å²) in [5.74, 6) is -0.829. The number of thiazole rings is 1. The van der Waals surface area contributed by atoms with Gasteiger partial charge in [-0.15, -0.1) is 11.3 Å². The van der Waals surface area contributed by atoms with Crippen molar-refractivity contribution in [2.75, 3.05) is 5.32 Å². The quantitative estimate of drug-likeness (QED) is 0.420. The number of carbonyl (C=O) groups excluding carboxylic acids is 2. The Morgan fingerprint density at radius 2 is 1.95 bits per heavy atom. The van der Waals surface area contributed by atoms with Crippen LogP contribution in [0.25, 0.3) is 0 Å². The molecule has 6 atom stereocenters. The van der Waals surface area contributed by atoms with Crippen molar-refractivity contribution in [3.05, 3.63) is 70.8 Å². The van der Waals surface area contributed by atoms with Crippen molar-refractivity contribution < 1.29 is 19.1 Å². The van der Waals surface area contributed by atoms with Gasteiger partial charge in [0, 0.05) is 29.2 Å². The molecule has 0 radical (unpaired) electrons. The number of carbonyl (C=O) groups is 2. The smallest absolute Gasteiger partial charge is 0.183 e. The maximum Gasteiger partial charge on any atom is 0.183 e. The number of hydrogen-bond acceptors (Lipinski definition) is 6. The topological polar surface area (TPSA) is 79.3 Å². The van der Waals surface area contributed by atoms with Crippen molar-refractivity contribution in [1.29, 1.82) is 0 Å². The molecule has 0 unspecified atom stereocenters. The van der Waals surface area contributed by atoms with E-state index in [4.69, 9.17) is 4.98 Å². The Morgan fingerprint density at radius 3 is 2.68 bits per heavy atom. The zero-order valence-electron chi connectivity index (χ0n) is 22.6. The molecule has 0 saturated heterocycles. The van der Waals surface area contributed by atoms with Gasteiger partial charge in [0.15, 0.2) is 22.4 Å². The van der Waals surface area contributed by atoms with Gasteiger partial charge in [0.05, 0.1) is 5.69 Å². The van der Waals surface area contributed by atoms with E-state index in [9.17, 15) is 14.7 Å². The second-order valence-corrected chi connectivity index (χ2v) is 12.8. The largest absolute Gasteiger partial charge is 0.383 e. The molecule has 1 aromatic heterocycles. The number of nitrogens with zero attached hydrogens (tertiary/aromatic N) is 1. The SMILES string of the molecule is C[C@@H]1C[C@@H](C)[C@](O)(c2csc(NCc3ccccc3)n2)[C@@]1(C)CC(=O)[C@@]1(F)CCCC2=CC(=O)C=C[C@@]21C. The molecule has 3 aliphatic rings. The molecule has 7 heteroatoms. The minimum Gasteiger partial charge on any atom is -0.383 e. The van der Waals surface area contributed by atoms with Crippen molar-refractivity contribution >= 4 is 28.0 Å². The second-order valence-electron chi connectivity index (χ2n) is 12.0. The fourth-order valence-corrected chi connectivity index (χ4v) is 7.95. The van der Waals surface area contributed by atoms with Crippen molar-refractivity contribution in [3.8, 4) is 0 Å². The first-order chi connectivity index (χ1) is 17.9. The van der Waals surface area contributed by atoms with Crippen LogP contribution in [0.4, 0.5) is 9.52 Å². The molecule has 0 bridgehead atoms. The Kier molecular flexibility index (Phi) is 6.75. The van der Waals surface area contributed by atoms with Crippen LogP contribution in [0, 0.1) is 22.7 Å². The Balaban J connectivity index is 1.43. The molecule has 202 valence electrons. The number of ketones is 2. The summed E-state index contributed by atoms with van der Waals surface area (Å²) in [6.45, 7) is 8.30. The minimum atomic E-state index is -2.13. The molecule has 2 fully saturated rings. The first kappa shape index (κ1) is 26.9. The van der Waals surface area contributed by atoms with E-state index >= 15 is 4.39 Å². The fraction of sp³-hybridized carbons (Fsp3) is 0.516.